The molecular weight excluding hydrogens is 250 g/mol. The van der Waals surface area contributed by atoms with Crippen molar-refractivity contribution in [1.82, 2.24) is 9.55 Å². The summed E-state index contributed by atoms with van der Waals surface area (Å²) in [5, 5.41) is 0. The molecule has 0 aliphatic rings. The minimum atomic E-state index is 0.577. The van der Waals surface area contributed by atoms with Gasteiger partial charge in [-0.05, 0) is 37.1 Å². The Labute approximate surface area is 120 Å². The van der Waals surface area contributed by atoms with Crippen LogP contribution < -0.4 is 10.5 Å². The number of hydrogen-bond donors (Lipinski definition) is 1. The zero-order chi connectivity index (χ0) is 14.5. The maximum absolute atomic E-state index is 5.99. The second-order valence-corrected chi connectivity index (χ2v) is 5.08. The number of aromatic nitrogens is 2. The lowest BCUT2D eigenvalue weighted by atomic mass is 10.1. The molecule has 1 aromatic heterocycles. The van der Waals surface area contributed by atoms with Crippen LogP contribution in [-0.2, 0) is 6.54 Å². The molecule has 0 radical (unpaired) electrons. The lowest BCUT2D eigenvalue weighted by Crippen LogP contribution is -2.11. The van der Waals surface area contributed by atoms with Gasteiger partial charge < -0.3 is 15.0 Å². The van der Waals surface area contributed by atoms with E-state index in [2.05, 4.69) is 35.5 Å². The van der Waals surface area contributed by atoms with Gasteiger partial charge in [0.15, 0.2) is 0 Å². The van der Waals surface area contributed by atoms with Crippen molar-refractivity contribution in [2.75, 3.05) is 12.3 Å². The minimum absolute atomic E-state index is 0.577. The van der Waals surface area contributed by atoms with Crippen LogP contribution in [0.2, 0.25) is 0 Å². The lowest BCUT2D eigenvalue weighted by Gasteiger charge is -2.14. The van der Waals surface area contributed by atoms with E-state index in [1.807, 2.05) is 25.3 Å². The summed E-state index contributed by atoms with van der Waals surface area (Å²) < 4.78 is 7.55. The Morgan fingerprint density at radius 1 is 1.25 bits per heavy atom. The highest BCUT2D eigenvalue weighted by atomic mass is 16.5. The molecule has 4 heteroatoms. The Hall–Kier alpha value is -1.97. The standard InChI is InChI=1S/C16H23N3O/c1-4-12(3)11-19-15(10-18-16(19)17)13-6-8-14(9-7-13)20-5-2/h6-10,12H,4-5,11H2,1-3H3,(H2,17,18). The summed E-state index contributed by atoms with van der Waals surface area (Å²) in [5.41, 5.74) is 8.16. The van der Waals surface area contributed by atoms with Crippen LogP contribution in [0.25, 0.3) is 11.3 Å². The van der Waals surface area contributed by atoms with Crippen molar-refractivity contribution in [2.45, 2.75) is 33.7 Å². The van der Waals surface area contributed by atoms with Gasteiger partial charge in [0.05, 0.1) is 18.5 Å². The molecule has 20 heavy (non-hydrogen) atoms. The van der Waals surface area contributed by atoms with Gasteiger partial charge in [-0.25, -0.2) is 4.98 Å². The molecule has 1 atom stereocenters. The fourth-order valence-corrected chi connectivity index (χ4v) is 2.14. The molecule has 1 heterocycles. The van der Waals surface area contributed by atoms with Gasteiger partial charge in [0.2, 0.25) is 5.95 Å². The molecule has 2 N–H and O–H groups in total. The van der Waals surface area contributed by atoms with Crippen LogP contribution in [0, 0.1) is 5.92 Å². The molecule has 2 rings (SSSR count). The van der Waals surface area contributed by atoms with E-state index in [0.717, 1.165) is 30.0 Å². The fourth-order valence-electron chi connectivity index (χ4n) is 2.14. The highest BCUT2D eigenvalue weighted by Gasteiger charge is 2.11. The molecule has 0 saturated heterocycles. The van der Waals surface area contributed by atoms with Crippen LogP contribution in [0.1, 0.15) is 27.2 Å². The molecule has 0 fully saturated rings. The Morgan fingerprint density at radius 3 is 2.55 bits per heavy atom. The van der Waals surface area contributed by atoms with Gasteiger partial charge in [0.1, 0.15) is 5.75 Å². The number of nitrogens with two attached hydrogens (primary N) is 1. The molecule has 4 nitrogen and oxygen atoms in total. The van der Waals surface area contributed by atoms with Crippen LogP contribution in [0.4, 0.5) is 5.95 Å². The third-order valence-electron chi connectivity index (χ3n) is 3.54. The highest BCUT2D eigenvalue weighted by Crippen LogP contribution is 2.25. The second-order valence-electron chi connectivity index (χ2n) is 5.08. The first-order valence-electron chi connectivity index (χ1n) is 7.19. The fraction of sp³-hybridized carbons (Fsp3) is 0.438. The molecule has 1 aromatic carbocycles. The van der Waals surface area contributed by atoms with Gasteiger partial charge in [-0.15, -0.1) is 0 Å². The Balaban J connectivity index is 2.28. The van der Waals surface area contributed by atoms with Crippen molar-refractivity contribution in [1.29, 1.82) is 0 Å². The summed E-state index contributed by atoms with van der Waals surface area (Å²) in [6.07, 6.45) is 2.97. The first-order chi connectivity index (χ1) is 9.65. The van der Waals surface area contributed by atoms with Crippen LogP contribution in [0.15, 0.2) is 30.5 Å². The van der Waals surface area contributed by atoms with Crippen LogP contribution in [-0.4, -0.2) is 16.2 Å². The third kappa shape index (κ3) is 3.13. The van der Waals surface area contributed by atoms with Gasteiger partial charge in [-0.2, -0.15) is 0 Å². The lowest BCUT2D eigenvalue weighted by molar-refractivity contribution is 0.340. The number of ether oxygens (including phenoxy) is 1. The molecule has 108 valence electrons. The zero-order valence-corrected chi connectivity index (χ0v) is 12.5. The number of rotatable bonds is 6. The van der Waals surface area contributed by atoms with E-state index >= 15 is 0 Å². The van der Waals surface area contributed by atoms with Gasteiger partial charge >= 0.3 is 0 Å². The van der Waals surface area contributed by atoms with E-state index < -0.39 is 0 Å². The Bertz CT molecular complexity index is 545. The summed E-state index contributed by atoms with van der Waals surface area (Å²) in [6.45, 7) is 7.97. The summed E-state index contributed by atoms with van der Waals surface area (Å²) in [4.78, 5) is 4.25. The highest BCUT2D eigenvalue weighted by molar-refractivity contribution is 5.62. The van der Waals surface area contributed by atoms with Crippen LogP contribution >= 0.6 is 0 Å². The van der Waals surface area contributed by atoms with Gasteiger partial charge in [-0.3, -0.25) is 0 Å². The minimum Gasteiger partial charge on any atom is -0.494 e. The molecule has 0 aliphatic carbocycles. The first kappa shape index (κ1) is 14.4. The molecule has 0 amide bonds. The number of benzene rings is 1. The topological polar surface area (TPSA) is 53.1 Å². The van der Waals surface area contributed by atoms with E-state index in [0.29, 0.717) is 18.5 Å². The smallest absolute Gasteiger partial charge is 0.200 e. The molecule has 0 aliphatic heterocycles. The summed E-state index contributed by atoms with van der Waals surface area (Å²) in [6, 6.07) is 8.06. The number of imidazole rings is 1. The first-order valence-corrected chi connectivity index (χ1v) is 7.19. The maximum atomic E-state index is 5.99. The van der Waals surface area contributed by atoms with E-state index in [4.69, 9.17) is 10.5 Å². The maximum Gasteiger partial charge on any atom is 0.200 e. The monoisotopic (exact) mass is 273 g/mol. The Morgan fingerprint density at radius 2 is 1.95 bits per heavy atom. The predicted octanol–water partition coefficient (Wildman–Crippen LogP) is 3.58. The molecule has 2 aromatic rings. The van der Waals surface area contributed by atoms with Crippen LogP contribution in [0.5, 0.6) is 5.75 Å². The summed E-state index contributed by atoms with van der Waals surface area (Å²) in [7, 11) is 0. The molecule has 1 unspecified atom stereocenters. The SMILES string of the molecule is CCOc1ccc(-c2cnc(N)n2CC(C)CC)cc1. The molecule has 0 bridgehead atoms. The van der Waals surface area contributed by atoms with Crippen molar-refractivity contribution < 1.29 is 4.74 Å². The molecule has 0 spiro atoms. The second kappa shape index (κ2) is 6.46. The predicted molar refractivity (Wildman–Crippen MR) is 82.7 cm³/mol. The average Bonchev–Trinajstić information content (AvgIpc) is 2.81. The van der Waals surface area contributed by atoms with Gasteiger partial charge in [-0.1, -0.05) is 20.3 Å². The Kier molecular flexibility index (Phi) is 4.66. The largest absolute Gasteiger partial charge is 0.494 e. The number of anilines is 1. The van der Waals surface area contributed by atoms with E-state index in [9.17, 15) is 0 Å². The zero-order valence-electron chi connectivity index (χ0n) is 12.5. The third-order valence-corrected chi connectivity index (χ3v) is 3.54. The normalized spacial score (nSPS) is 12.3. The molecular formula is C16H23N3O. The summed E-state index contributed by atoms with van der Waals surface area (Å²) >= 11 is 0. The molecule has 0 saturated carbocycles. The van der Waals surface area contributed by atoms with Crippen molar-refractivity contribution in [3.05, 3.63) is 30.5 Å². The van der Waals surface area contributed by atoms with Crippen LogP contribution in [0.3, 0.4) is 0 Å². The van der Waals surface area contributed by atoms with E-state index in [1.165, 1.54) is 0 Å². The van der Waals surface area contributed by atoms with Crippen molar-refractivity contribution in [3.8, 4) is 17.0 Å². The number of nitrogen functional groups attached to an aromatic ring is 1. The quantitative estimate of drug-likeness (QED) is 0.875. The van der Waals surface area contributed by atoms with E-state index in [-0.39, 0.29) is 0 Å². The average molecular weight is 273 g/mol. The van der Waals surface area contributed by atoms with Crippen molar-refractivity contribution in [2.24, 2.45) is 5.92 Å². The van der Waals surface area contributed by atoms with Gasteiger partial charge in [0.25, 0.3) is 0 Å². The van der Waals surface area contributed by atoms with Gasteiger partial charge in [0, 0.05) is 12.1 Å². The van der Waals surface area contributed by atoms with E-state index in [1.54, 1.807) is 0 Å². The number of hydrogen-bond acceptors (Lipinski definition) is 3. The van der Waals surface area contributed by atoms with Crippen molar-refractivity contribution in [3.63, 3.8) is 0 Å². The number of nitrogens with zero attached hydrogens (tertiary/aromatic N) is 2. The van der Waals surface area contributed by atoms with Crippen molar-refractivity contribution >= 4 is 5.95 Å². The summed E-state index contributed by atoms with van der Waals surface area (Å²) in [5.74, 6) is 2.04.